The van der Waals surface area contributed by atoms with Gasteiger partial charge in [0.15, 0.2) is 0 Å². The molecule has 2 aliphatic rings. The number of hydrogen-bond donors (Lipinski definition) is 0. The highest BCUT2D eigenvalue weighted by atomic mass is 35.5. The number of amides is 2. The first-order valence-corrected chi connectivity index (χ1v) is 9.93. The van der Waals surface area contributed by atoms with Gasteiger partial charge in [0.2, 0.25) is 0 Å². The van der Waals surface area contributed by atoms with E-state index in [9.17, 15) is 9.59 Å². The molecule has 2 aromatic rings. The maximum atomic E-state index is 13.3. The zero-order valence-corrected chi connectivity index (χ0v) is 16.5. The van der Waals surface area contributed by atoms with Crippen LogP contribution in [0.25, 0.3) is 5.57 Å². The molecule has 5 nitrogen and oxygen atoms in total. The van der Waals surface area contributed by atoms with E-state index in [0.29, 0.717) is 27.9 Å². The first-order chi connectivity index (χ1) is 13.5. The van der Waals surface area contributed by atoms with Crippen molar-refractivity contribution in [3.8, 4) is 0 Å². The lowest BCUT2D eigenvalue weighted by Gasteiger charge is -2.32. The number of hydrogen-bond acceptors (Lipinski definition) is 4. The summed E-state index contributed by atoms with van der Waals surface area (Å²) < 4.78 is 0. The molecule has 1 saturated heterocycles. The zero-order valence-electron chi connectivity index (χ0n) is 15.8. The summed E-state index contributed by atoms with van der Waals surface area (Å²) in [5.41, 5.74) is 2.38. The average Bonchev–Trinajstić information content (AvgIpc) is 2.95. The van der Waals surface area contributed by atoms with Crippen LogP contribution in [0.3, 0.4) is 0 Å². The van der Waals surface area contributed by atoms with Gasteiger partial charge in [-0.15, -0.1) is 0 Å². The van der Waals surface area contributed by atoms with Crippen LogP contribution in [0.5, 0.6) is 0 Å². The Morgan fingerprint density at radius 2 is 1.75 bits per heavy atom. The lowest BCUT2D eigenvalue weighted by molar-refractivity contribution is -0.138. The van der Waals surface area contributed by atoms with Crippen molar-refractivity contribution in [1.82, 2.24) is 14.8 Å². The lowest BCUT2D eigenvalue weighted by atomic mass is 9.97. The van der Waals surface area contributed by atoms with Crippen LogP contribution in [-0.2, 0) is 16.1 Å². The van der Waals surface area contributed by atoms with E-state index < -0.39 is 0 Å². The highest BCUT2D eigenvalue weighted by Crippen LogP contribution is 2.34. The van der Waals surface area contributed by atoms with Gasteiger partial charge in [0, 0.05) is 24.3 Å². The molecule has 0 radical (unpaired) electrons. The number of nitrogens with zero attached hydrogens (tertiary/aromatic N) is 3. The Bertz CT molecular complexity index is 917. The highest BCUT2D eigenvalue weighted by molar-refractivity contribution is 6.35. The van der Waals surface area contributed by atoms with Crippen molar-refractivity contribution in [2.75, 3.05) is 13.1 Å². The summed E-state index contributed by atoms with van der Waals surface area (Å²) in [5.74, 6) is 0.120. The molecule has 0 unspecified atom stereocenters. The number of imide groups is 1. The first kappa shape index (κ1) is 18.7. The van der Waals surface area contributed by atoms with Gasteiger partial charge in [0.1, 0.15) is 5.70 Å². The van der Waals surface area contributed by atoms with Gasteiger partial charge >= 0.3 is 0 Å². The van der Waals surface area contributed by atoms with E-state index >= 15 is 0 Å². The molecule has 0 N–H and O–H groups in total. The molecule has 28 heavy (non-hydrogen) atoms. The van der Waals surface area contributed by atoms with E-state index in [4.69, 9.17) is 11.6 Å². The van der Waals surface area contributed by atoms with E-state index in [2.05, 4.69) is 16.8 Å². The zero-order chi connectivity index (χ0) is 19.7. The van der Waals surface area contributed by atoms with Crippen LogP contribution in [0.15, 0.2) is 54.4 Å². The fourth-order valence-corrected chi connectivity index (χ4v) is 3.89. The molecule has 0 aliphatic carbocycles. The molecule has 4 rings (SSSR count). The Kier molecular flexibility index (Phi) is 5.18. The second-order valence-electron chi connectivity index (χ2n) is 7.42. The van der Waals surface area contributed by atoms with E-state index in [1.54, 1.807) is 30.5 Å². The third kappa shape index (κ3) is 3.54. The normalized spacial score (nSPS) is 18.4. The number of carbonyl (C=O) groups is 2. The van der Waals surface area contributed by atoms with Crippen LogP contribution in [0, 0.1) is 5.92 Å². The number of carbonyl (C=O) groups excluding carboxylic acids is 2. The van der Waals surface area contributed by atoms with Gasteiger partial charge in [-0.25, -0.2) is 0 Å². The largest absolute Gasteiger partial charge is 0.366 e. The molecular weight excluding hydrogens is 374 g/mol. The van der Waals surface area contributed by atoms with Gasteiger partial charge in [0.05, 0.1) is 17.8 Å². The minimum absolute atomic E-state index is 0.170. The van der Waals surface area contributed by atoms with Crippen molar-refractivity contribution in [3.63, 3.8) is 0 Å². The molecular formula is C22H22ClN3O2. The summed E-state index contributed by atoms with van der Waals surface area (Å²) in [7, 11) is 0. The smallest absolute Gasteiger partial charge is 0.278 e. The molecule has 3 heterocycles. The lowest BCUT2D eigenvalue weighted by Crippen LogP contribution is -2.38. The Morgan fingerprint density at radius 3 is 2.39 bits per heavy atom. The quantitative estimate of drug-likeness (QED) is 0.740. The van der Waals surface area contributed by atoms with Crippen molar-refractivity contribution >= 4 is 29.0 Å². The van der Waals surface area contributed by atoms with E-state index in [0.717, 1.165) is 31.5 Å². The Labute approximate surface area is 169 Å². The summed E-state index contributed by atoms with van der Waals surface area (Å²) in [6, 6.07) is 12.6. The van der Waals surface area contributed by atoms with Crippen LogP contribution in [0.2, 0.25) is 5.02 Å². The SMILES string of the molecule is CC1CCN(C2=C(c3ccc(Cl)cc3)C(=O)N(Cc3ccccn3)C2=O)CC1. The van der Waals surface area contributed by atoms with E-state index in [-0.39, 0.29) is 18.4 Å². The minimum Gasteiger partial charge on any atom is -0.366 e. The number of aromatic nitrogens is 1. The standard InChI is InChI=1S/C22H22ClN3O2/c1-15-9-12-25(13-10-15)20-19(16-5-7-17(23)8-6-16)21(27)26(22(20)28)14-18-4-2-3-11-24-18/h2-8,11,15H,9-10,12-14H2,1H3. The van der Waals surface area contributed by atoms with Crippen molar-refractivity contribution in [1.29, 1.82) is 0 Å². The molecule has 1 aromatic carbocycles. The van der Waals surface area contributed by atoms with Gasteiger partial charge in [-0.05, 0) is 48.6 Å². The third-order valence-electron chi connectivity index (χ3n) is 5.42. The fourth-order valence-electron chi connectivity index (χ4n) is 3.76. The second kappa shape index (κ2) is 7.76. The van der Waals surface area contributed by atoms with Crippen molar-refractivity contribution in [2.24, 2.45) is 5.92 Å². The molecule has 6 heteroatoms. The monoisotopic (exact) mass is 395 g/mol. The van der Waals surface area contributed by atoms with Gasteiger partial charge < -0.3 is 4.90 Å². The van der Waals surface area contributed by atoms with Gasteiger partial charge in [-0.3, -0.25) is 19.5 Å². The molecule has 0 atom stereocenters. The maximum Gasteiger partial charge on any atom is 0.278 e. The summed E-state index contributed by atoms with van der Waals surface area (Å²) in [6.07, 6.45) is 3.69. The predicted octanol–water partition coefficient (Wildman–Crippen LogP) is 3.75. The fraction of sp³-hybridized carbons (Fsp3) is 0.318. The number of likely N-dealkylation sites (tertiary alicyclic amines) is 1. The molecule has 1 fully saturated rings. The summed E-state index contributed by atoms with van der Waals surface area (Å²) in [4.78, 5) is 34.2. The molecule has 0 bridgehead atoms. The predicted molar refractivity (Wildman–Crippen MR) is 108 cm³/mol. The van der Waals surface area contributed by atoms with Gasteiger partial charge in [0.25, 0.3) is 11.8 Å². The van der Waals surface area contributed by atoms with Crippen molar-refractivity contribution in [3.05, 3.63) is 70.6 Å². The van der Waals surface area contributed by atoms with Crippen molar-refractivity contribution in [2.45, 2.75) is 26.3 Å². The van der Waals surface area contributed by atoms with Crippen LogP contribution in [-0.4, -0.2) is 39.7 Å². The van der Waals surface area contributed by atoms with Crippen LogP contribution >= 0.6 is 11.6 Å². The summed E-state index contributed by atoms with van der Waals surface area (Å²) in [6.45, 7) is 3.96. The average molecular weight is 396 g/mol. The van der Waals surface area contributed by atoms with Crippen molar-refractivity contribution < 1.29 is 9.59 Å². The highest BCUT2D eigenvalue weighted by Gasteiger charge is 2.42. The molecule has 2 amide bonds. The molecule has 144 valence electrons. The minimum atomic E-state index is -0.272. The number of pyridine rings is 1. The van der Waals surface area contributed by atoms with Crippen LogP contribution in [0.4, 0.5) is 0 Å². The number of rotatable bonds is 4. The number of halogens is 1. The van der Waals surface area contributed by atoms with Gasteiger partial charge in [-0.2, -0.15) is 0 Å². The van der Waals surface area contributed by atoms with Crippen LogP contribution < -0.4 is 0 Å². The molecule has 0 spiro atoms. The summed E-state index contributed by atoms with van der Waals surface area (Å²) in [5, 5.41) is 0.597. The first-order valence-electron chi connectivity index (χ1n) is 9.56. The molecule has 2 aliphatic heterocycles. The Hall–Kier alpha value is -2.66. The van der Waals surface area contributed by atoms with Crippen LogP contribution in [0.1, 0.15) is 31.0 Å². The topological polar surface area (TPSA) is 53.5 Å². The Balaban J connectivity index is 1.72. The third-order valence-corrected chi connectivity index (χ3v) is 5.67. The van der Waals surface area contributed by atoms with E-state index in [1.807, 2.05) is 18.2 Å². The molecule has 1 aromatic heterocycles. The Morgan fingerprint density at radius 1 is 1.04 bits per heavy atom. The number of piperidine rings is 1. The second-order valence-corrected chi connectivity index (χ2v) is 7.85. The number of benzene rings is 1. The maximum absolute atomic E-state index is 13.3. The van der Waals surface area contributed by atoms with E-state index in [1.165, 1.54) is 4.90 Å². The molecule has 0 saturated carbocycles. The summed E-state index contributed by atoms with van der Waals surface area (Å²) >= 11 is 6.02. The van der Waals surface area contributed by atoms with Gasteiger partial charge in [-0.1, -0.05) is 36.7 Å².